The zero-order valence-electron chi connectivity index (χ0n) is 18.2. The van der Waals surface area contributed by atoms with Gasteiger partial charge in [0.1, 0.15) is 17.2 Å². The molecule has 2 aromatic heterocycles. The van der Waals surface area contributed by atoms with Crippen molar-refractivity contribution in [1.29, 1.82) is 0 Å². The maximum absolute atomic E-state index is 11.9. The summed E-state index contributed by atoms with van der Waals surface area (Å²) >= 11 is 13.7. The lowest BCUT2D eigenvalue weighted by molar-refractivity contribution is 0.111. The Morgan fingerprint density at radius 3 is 2.35 bits per heavy atom. The predicted molar refractivity (Wildman–Crippen MR) is 132 cm³/mol. The quantitative estimate of drug-likeness (QED) is 0.276. The number of hydrogen-bond donors (Lipinski definition) is 0. The summed E-state index contributed by atoms with van der Waals surface area (Å²) < 4.78 is 10.6. The molecule has 0 aliphatic rings. The largest absolute Gasteiger partial charge is 0.497 e. The topological polar surface area (TPSA) is 78.4 Å². The lowest BCUT2D eigenvalue weighted by Gasteiger charge is -2.16. The Hall–Kier alpha value is -3.74. The van der Waals surface area contributed by atoms with E-state index in [1.165, 1.54) is 13.3 Å². The highest BCUT2D eigenvalue weighted by Crippen LogP contribution is 2.43. The second-order valence-corrected chi connectivity index (χ2v) is 7.95. The minimum atomic E-state index is 0.163. The lowest BCUT2D eigenvalue weighted by Crippen LogP contribution is -1.98. The number of rotatable bonds is 7. The number of benzene rings is 2. The average Bonchev–Trinajstić information content (AvgIpc) is 2.88. The van der Waals surface area contributed by atoms with E-state index in [0.717, 1.165) is 11.8 Å². The van der Waals surface area contributed by atoms with Crippen LogP contribution in [0, 0.1) is 0 Å². The number of aromatic nitrogens is 2. The molecule has 0 radical (unpaired) electrons. The molecule has 4 rings (SSSR count). The third kappa shape index (κ3) is 4.25. The molecule has 8 heteroatoms. The van der Waals surface area contributed by atoms with E-state index < -0.39 is 0 Å². The summed E-state index contributed by atoms with van der Waals surface area (Å²) in [4.78, 5) is 31.6. The molecule has 6 nitrogen and oxygen atoms in total. The van der Waals surface area contributed by atoms with Gasteiger partial charge in [-0.3, -0.25) is 14.6 Å². The molecule has 2 aromatic carbocycles. The van der Waals surface area contributed by atoms with Crippen LogP contribution in [0.3, 0.4) is 0 Å². The van der Waals surface area contributed by atoms with Gasteiger partial charge in [-0.25, -0.2) is 4.98 Å². The van der Waals surface area contributed by atoms with Crippen molar-refractivity contribution in [2.24, 2.45) is 0 Å². The number of nitrogens with zero attached hydrogens (tertiary/aromatic N) is 2. The first-order valence-electron chi connectivity index (χ1n) is 10.1. The van der Waals surface area contributed by atoms with Crippen molar-refractivity contribution in [2.75, 3.05) is 14.2 Å². The van der Waals surface area contributed by atoms with Gasteiger partial charge >= 0.3 is 0 Å². The monoisotopic (exact) mass is 492 g/mol. The normalized spacial score (nSPS) is 10.6. The molecule has 170 valence electrons. The van der Waals surface area contributed by atoms with Crippen molar-refractivity contribution in [2.45, 2.75) is 0 Å². The van der Waals surface area contributed by atoms with E-state index in [2.05, 4.69) is 9.97 Å². The number of ether oxygens (including phenoxy) is 2. The number of aldehydes is 2. The fourth-order valence-electron chi connectivity index (χ4n) is 3.65. The Morgan fingerprint density at radius 2 is 1.65 bits per heavy atom. The van der Waals surface area contributed by atoms with Gasteiger partial charge in [0.05, 0.1) is 30.0 Å². The van der Waals surface area contributed by atoms with E-state index >= 15 is 0 Å². The van der Waals surface area contributed by atoms with Crippen molar-refractivity contribution in [3.05, 3.63) is 82.2 Å². The summed E-state index contributed by atoms with van der Waals surface area (Å²) in [5.74, 6) is 0.974. The maximum atomic E-state index is 11.9. The smallest absolute Gasteiger partial charge is 0.172 e. The van der Waals surface area contributed by atoms with Gasteiger partial charge in [-0.15, -0.1) is 0 Å². The van der Waals surface area contributed by atoms with Crippen LogP contribution in [0.1, 0.15) is 20.8 Å². The second-order valence-electron chi connectivity index (χ2n) is 7.19. The summed E-state index contributed by atoms with van der Waals surface area (Å²) in [7, 11) is 3.03. The zero-order chi connectivity index (χ0) is 24.2. The number of hydrogen-bond acceptors (Lipinski definition) is 6. The third-order valence-electron chi connectivity index (χ3n) is 5.33. The molecule has 0 aliphatic carbocycles. The van der Waals surface area contributed by atoms with E-state index in [-0.39, 0.29) is 10.7 Å². The molecule has 0 spiro atoms. The Kier molecular flexibility index (Phi) is 6.91. The van der Waals surface area contributed by atoms with Gasteiger partial charge in [-0.1, -0.05) is 47.5 Å². The number of halogens is 2. The van der Waals surface area contributed by atoms with Crippen LogP contribution in [0.4, 0.5) is 0 Å². The van der Waals surface area contributed by atoms with E-state index in [0.29, 0.717) is 56.3 Å². The summed E-state index contributed by atoms with van der Waals surface area (Å²) in [5.41, 5.74) is 4.04. The van der Waals surface area contributed by atoms with Gasteiger partial charge in [0, 0.05) is 40.2 Å². The van der Waals surface area contributed by atoms with Crippen LogP contribution in [0.25, 0.3) is 33.5 Å². The van der Waals surface area contributed by atoms with Crippen molar-refractivity contribution >= 4 is 35.8 Å². The highest BCUT2D eigenvalue weighted by molar-refractivity contribution is 6.39. The van der Waals surface area contributed by atoms with E-state index in [1.807, 2.05) is 24.3 Å². The van der Waals surface area contributed by atoms with Crippen LogP contribution in [0.2, 0.25) is 10.0 Å². The van der Waals surface area contributed by atoms with Gasteiger partial charge in [0.15, 0.2) is 12.6 Å². The molecule has 0 amide bonds. The first-order chi connectivity index (χ1) is 16.5. The number of carbonyl (C=O) groups excluding carboxylic acids is 2. The minimum absolute atomic E-state index is 0.163. The van der Waals surface area contributed by atoms with Crippen molar-refractivity contribution in [1.82, 2.24) is 9.97 Å². The Morgan fingerprint density at radius 1 is 0.824 bits per heavy atom. The Labute approximate surface area is 206 Å². The molecule has 0 aliphatic heterocycles. The van der Waals surface area contributed by atoms with Crippen molar-refractivity contribution < 1.29 is 19.1 Å². The van der Waals surface area contributed by atoms with Gasteiger partial charge < -0.3 is 9.47 Å². The van der Waals surface area contributed by atoms with Crippen LogP contribution >= 0.6 is 23.2 Å². The van der Waals surface area contributed by atoms with Gasteiger partial charge in [0.25, 0.3) is 0 Å². The first kappa shape index (κ1) is 23.4. The van der Waals surface area contributed by atoms with E-state index in [1.54, 1.807) is 37.6 Å². The SMILES string of the molecule is COc1cccc(-c2ccc(C=O)c(-c3ccnc(-c4cnc(C=O)c(OC)c4)c3Cl)c2Cl)c1. The molecule has 0 bridgehead atoms. The highest BCUT2D eigenvalue weighted by Gasteiger charge is 2.20. The number of methoxy groups -OCH3 is 2. The Bertz CT molecular complexity index is 1410. The van der Waals surface area contributed by atoms with E-state index in [4.69, 9.17) is 32.7 Å². The van der Waals surface area contributed by atoms with Crippen LogP contribution in [0.5, 0.6) is 11.5 Å². The first-order valence-corrected chi connectivity index (χ1v) is 10.8. The molecule has 0 saturated heterocycles. The fraction of sp³-hybridized carbons (Fsp3) is 0.0769. The molecule has 0 fully saturated rings. The average molecular weight is 493 g/mol. The third-order valence-corrected chi connectivity index (χ3v) is 6.10. The number of pyridine rings is 2. The molecule has 2 heterocycles. The predicted octanol–water partition coefficient (Wildman–Crippen LogP) is 6.43. The molecular weight excluding hydrogens is 475 g/mol. The van der Waals surface area contributed by atoms with E-state index in [9.17, 15) is 9.59 Å². The summed E-state index contributed by atoms with van der Waals surface area (Å²) in [5, 5.41) is 0.641. The van der Waals surface area contributed by atoms with Crippen molar-refractivity contribution in [3.63, 3.8) is 0 Å². The molecule has 0 N–H and O–H groups in total. The molecule has 0 saturated carbocycles. The Balaban J connectivity index is 1.92. The van der Waals surface area contributed by atoms with Gasteiger partial charge in [-0.05, 0) is 29.8 Å². The maximum Gasteiger partial charge on any atom is 0.172 e. The van der Waals surface area contributed by atoms with Crippen molar-refractivity contribution in [3.8, 4) is 45.0 Å². The second kappa shape index (κ2) is 10.0. The summed E-state index contributed by atoms with van der Waals surface area (Å²) in [6.45, 7) is 0. The fourth-order valence-corrected chi connectivity index (χ4v) is 4.35. The molecule has 4 aromatic rings. The van der Waals surface area contributed by atoms with Gasteiger partial charge in [0.2, 0.25) is 0 Å². The summed E-state index contributed by atoms with van der Waals surface area (Å²) in [6.07, 6.45) is 4.39. The number of carbonyl (C=O) groups is 2. The van der Waals surface area contributed by atoms with Crippen LogP contribution in [-0.4, -0.2) is 36.8 Å². The molecule has 0 atom stereocenters. The standard InChI is InChI=1S/C26H18Cl2N2O4/c1-33-18-5-3-4-15(10-18)19-7-6-16(13-31)23(24(19)27)20-8-9-29-26(25(20)28)17-11-22(34-2)21(14-32)30-12-17/h3-14H,1-2H3. The minimum Gasteiger partial charge on any atom is -0.497 e. The zero-order valence-corrected chi connectivity index (χ0v) is 19.7. The van der Waals surface area contributed by atoms with Crippen LogP contribution in [0.15, 0.2) is 60.9 Å². The van der Waals surface area contributed by atoms with Crippen LogP contribution in [-0.2, 0) is 0 Å². The van der Waals surface area contributed by atoms with Crippen LogP contribution < -0.4 is 9.47 Å². The molecule has 0 unspecified atom stereocenters. The highest BCUT2D eigenvalue weighted by atomic mass is 35.5. The lowest BCUT2D eigenvalue weighted by atomic mass is 9.94. The molecule has 34 heavy (non-hydrogen) atoms. The molecular formula is C26H18Cl2N2O4. The summed E-state index contributed by atoms with van der Waals surface area (Å²) in [6, 6.07) is 14.3. The van der Waals surface area contributed by atoms with Gasteiger partial charge in [-0.2, -0.15) is 0 Å².